The van der Waals surface area contributed by atoms with Gasteiger partial charge in [-0.15, -0.1) is 0 Å². The van der Waals surface area contributed by atoms with Crippen LogP contribution in [0.3, 0.4) is 0 Å². The number of esters is 1. The number of fused-ring (bicyclic) bond motifs is 12. The van der Waals surface area contributed by atoms with Crippen LogP contribution >= 0.6 is 0 Å². The second-order valence-electron chi connectivity index (χ2n) is 14.6. The Morgan fingerprint density at radius 3 is 2.18 bits per heavy atom. The van der Waals surface area contributed by atoms with E-state index in [1.54, 1.807) is 64.1 Å². The van der Waals surface area contributed by atoms with Gasteiger partial charge in [0.2, 0.25) is 29.4 Å². The highest BCUT2D eigenvalue weighted by molar-refractivity contribution is 6.38. The summed E-state index contributed by atoms with van der Waals surface area (Å²) in [4.78, 5) is 91.8. The second kappa shape index (κ2) is 20.6. The van der Waals surface area contributed by atoms with Gasteiger partial charge in [0.25, 0.3) is 5.91 Å². The summed E-state index contributed by atoms with van der Waals surface area (Å²) in [7, 11) is 0. The van der Waals surface area contributed by atoms with Crippen LogP contribution in [-0.2, 0) is 57.6 Å². The Balaban J connectivity index is 1.43. The van der Waals surface area contributed by atoms with Crippen LogP contribution in [-0.4, -0.2) is 78.6 Å². The molecule has 2 aliphatic rings. The number of Topliss-reactive ketones (excluding diaryl/α,β-unsaturated/α-hetero) is 1. The predicted octanol–water partition coefficient (Wildman–Crippen LogP) is 2.60. The maximum Gasteiger partial charge on any atom is 0.333 e. The topological polar surface area (TPSA) is 201 Å². The summed E-state index contributed by atoms with van der Waals surface area (Å²) in [5, 5.41) is 16.1. The van der Waals surface area contributed by atoms with E-state index in [4.69, 9.17) is 4.74 Å². The van der Waals surface area contributed by atoms with Gasteiger partial charge in [-0.05, 0) is 74.4 Å². The van der Waals surface area contributed by atoms with Crippen molar-refractivity contribution < 1.29 is 38.3 Å². The summed E-state index contributed by atoms with van der Waals surface area (Å²) in [6, 6.07) is 20.3. The fourth-order valence-electron chi connectivity index (χ4n) is 5.98. The van der Waals surface area contributed by atoms with Crippen molar-refractivity contribution in [3.8, 4) is 0 Å². The number of anilines is 1. The van der Waals surface area contributed by atoms with Gasteiger partial charge in [-0.3, -0.25) is 28.8 Å². The van der Waals surface area contributed by atoms with Crippen molar-refractivity contribution in [2.45, 2.75) is 89.9 Å². The fraction of sp³-hybridized carbons (Fsp3) is 0.405. The molecule has 14 nitrogen and oxygen atoms in total. The van der Waals surface area contributed by atoms with Crippen LogP contribution in [0.25, 0.3) is 0 Å². The fourth-order valence-corrected chi connectivity index (χ4v) is 5.98. The molecule has 6 N–H and O–H groups in total. The van der Waals surface area contributed by atoms with Crippen molar-refractivity contribution in [3.63, 3.8) is 0 Å². The number of rotatable bonds is 11. The average Bonchev–Trinajstić information content (AvgIpc) is 3.16. The molecule has 3 aromatic carbocycles. The number of benzene rings is 3. The minimum Gasteiger partial charge on any atom is -0.458 e. The third kappa shape index (κ3) is 14.0. The van der Waals surface area contributed by atoms with E-state index >= 15 is 0 Å². The second-order valence-corrected chi connectivity index (χ2v) is 14.6. The van der Waals surface area contributed by atoms with E-state index in [9.17, 15) is 33.6 Å². The normalized spacial score (nSPS) is 16.2. The van der Waals surface area contributed by atoms with E-state index in [1.165, 1.54) is 0 Å². The van der Waals surface area contributed by atoms with Crippen molar-refractivity contribution >= 4 is 47.0 Å². The third-order valence-electron chi connectivity index (χ3n) is 8.80. The standard InChI is InChI=1S/C42H52N6O8/c1-5-10-32(38(52)40(54)45-26-36(51)48-37(30-12-7-6-8-13-30)41(55)56-42(2,3)4)47-39(53)33-24-29-11-9-14-31(23-29)43-22-21-28-17-15-27(16-18-28)19-20-34(49)44-25-35(50)46-33/h6-9,11-18,23,32-33,37,43H,5,10,19-22,24-26H2,1-4H3,(H,44,49)(H,45,54)(H,46,50)(H,47,53)(H,48,51). The molecule has 2 aliphatic heterocycles. The number of carbonyl (C=O) groups is 7. The minimum atomic E-state index is -1.27. The number of ether oxygens (including phenoxy) is 1. The largest absolute Gasteiger partial charge is 0.458 e. The highest BCUT2D eigenvalue weighted by atomic mass is 16.6. The lowest BCUT2D eigenvalue weighted by Gasteiger charge is -2.25. The lowest BCUT2D eigenvalue weighted by molar-refractivity contribution is -0.158. The van der Waals surface area contributed by atoms with Gasteiger partial charge >= 0.3 is 5.97 Å². The maximum absolute atomic E-state index is 13.8. The summed E-state index contributed by atoms with van der Waals surface area (Å²) >= 11 is 0. The van der Waals surface area contributed by atoms with Crippen molar-refractivity contribution in [2.75, 3.05) is 25.0 Å². The number of aryl methyl sites for hydroxylation is 1. The molecule has 5 rings (SSSR count). The summed E-state index contributed by atoms with van der Waals surface area (Å²) in [6.07, 6.45) is 1.98. The smallest absolute Gasteiger partial charge is 0.333 e. The Morgan fingerprint density at radius 2 is 1.50 bits per heavy atom. The van der Waals surface area contributed by atoms with Crippen molar-refractivity contribution in [2.24, 2.45) is 0 Å². The highest BCUT2D eigenvalue weighted by Gasteiger charge is 2.32. The van der Waals surface area contributed by atoms with Gasteiger partial charge in [0.15, 0.2) is 6.04 Å². The molecule has 0 radical (unpaired) electrons. The first-order valence-corrected chi connectivity index (χ1v) is 18.9. The summed E-state index contributed by atoms with van der Waals surface area (Å²) in [5.41, 5.74) is 3.29. The number of nitrogens with one attached hydrogen (secondary N) is 6. The van der Waals surface area contributed by atoms with Gasteiger partial charge in [0.1, 0.15) is 11.6 Å². The molecule has 14 heteroatoms. The molecule has 0 saturated carbocycles. The van der Waals surface area contributed by atoms with Gasteiger partial charge in [0.05, 0.1) is 19.1 Å². The van der Waals surface area contributed by atoms with Crippen LogP contribution < -0.4 is 31.9 Å². The molecule has 0 aromatic heterocycles. The first kappa shape index (κ1) is 42.7. The van der Waals surface area contributed by atoms with E-state index in [-0.39, 0.29) is 31.7 Å². The molecule has 4 bridgehead atoms. The maximum atomic E-state index is 13.8. The van der Waals surface area contributed by atoms with Gasteiger partial charge in [-0.25, -0.2) is 4.79 Å². The van der Waals surface area contributed by atoms with Gasteiger partial charge in [0, 0.05) is 25.1 Å². The van der Waals surface area contributed by atoms with E-state index < -0.39 is 65.7 Å². The van der Waals surface area contributed by atoms with Crippen LogP contribution in [0.5, 0.6) is 0 Å². The van der Waals surface area contributed by atoms with E-state index in [2.05, 4.69) is 31.9 Å². The molecule has 3 unspecified atom stereocenters. The quantitative estimate of drug-likeness (QED) is 0.125. The molecule has 0 spiro atoms. The van der Waals surface area contributed by atoms with E-state index in [0.29, 0.717) is 30.5 Å². The first-order chi connectivity index (χ1) is 26.7. The molecule has 2 heterocycles. The molecular weight excluding hydrogens is 716 g/mol. The Hall–Kier alpha value is -6.05. The zero-order chi connectivity index (χ0) is 40.7. The number of amides is 5. The van der Waals surface area contributed by atoms with Crippen molar-refractivity contribution in [1.82, 2.24) is 26.6 Å². The number of ketones is 1. The highest BCUT2D eigenvalue weighted by Crippen LogP contribution is 2.19. The molecule has 5 amide bonds. The molecular formula is C42H52N6O8. The number of hydrogen-bond donors (Lipinski definition) is 6. The lowest BCUT2D eigenvalue weighted by atomic mass is 10.0. The summed E-state index contributed by atoms with van der Waals surface area (Å²) < 4.78 is 5.48. The van der Waals surface area contributed by atoms with E-state index in [0.717, 1.165) is 23.2 Å². The average molecular weight is 769 g/mol. The van der Waals surface area contributed by atoms with Crippen LogP contribution in [0.2, 0.25) is 0 Å². The first-order valence-electron chi connectivity index (χ1n) is 18.9. The van der Waals surface area contributed by atoms with Gasteiger partial charge in [-0.1, -0.05) is 80.1 Å². The van der Waals surface area contributed by atoms with Crippen LogP contribution in [0, 0.1) is 0 Å². The molecule has 3 aromatic rings. The monoisotopic (exact) mass is 768 g/mol. The predicted molar refractivity (Wildman–Crippen MR) is 210 cm³/mol. The molecule has 0 saturated heterocycles. The zero-order valence-corrected chi connectivity index (χ0v) is 32.4. The van der Waals surface area contributed by atoms with Crippen LogP contribution in [0.1, 0.15) is 75.3 Å². The Bertz CT molecular complexity index is 1860. The SMILES string of the molecule is CCCC(NC(=O)C1Cc2cccc(c2)NCCc2ccc(cc2)CCC(=O)NCC(=O)N1)C(=O)C(=O)NCC(=O)NC(C(=O)OC(C)(C)C)c1ccccc1. The van der Waals surface area contributed by atoms with Gasteiger partial charge in [-0.2, -0.15) is 0 Å². The number of carbonyl (C=O) groups excluding carboxylic acids is 7. The Morgan fingerprint density at radius 1 is 0.804 bits per heavy atom. The lowest BCUT2D eigenvalue weighted by Crippen LogP contribution is -2.55. The van der Waals surface area contributed by atoms with Gasteiger partial charge < -0.3 is 36.6 Å². The molecule has 0 fully saturated rings. The van der Waals surface area contributed by atoms with Crippen LogP contribution in [0.15, 0.2) is 78.9 Å². The van der Waals surface area contributed by atoms with Crippen LogP contribution in [0.4, 0.5) is 5.69 Å². The van der Waals surface area contributed by atoms with Crippen molar-refractivity contribution in [3.05, 3.63) is 101 Å². The molecule has 56 heavy (non-hydrogen) atoms. The number of hydrogen-bond acceptors (Lipinski definition) is 9. The molecule has 298 valence electrons. The molecule has 0 aliphatic carbocycles. The Kier molecular flexibility index (Phi) is 15.7. The Labute approximate surface area is 327 Å². The van der Waals surface area contributed by atoms with E-state index in [1.807, 2.05) is 42.5 Å². The zero-order valence-electron chi connectivity index (χ0n) is 32.4. The van der Waals surface area contributed by atoms with Crippen molar-refractivity contribution in [1.29, 1.82) is 0 Å². The summed E-state index contributed by atoms with van der Waals surface area (Å²) in [5.74, 6) is -5.21. The minimum absolute atomic E-state index is 0.0435. The summed E-state index contributed by atoms with van der Waals surface area (Å²) in [6.45, 7) is 6.50. The molecule has 3 atom stereocenters. The third-order valence-corrected chi connectivity index (χ3v) is 8.80.